The number of aliphatic hydroxyl groups is 1. The van der Waals surface area contributed by atoms with Gasteiger partial charge in [0.05, 0.1) is 12.1 Å². The van der Waals surface area contributed by atoms with E-state index in [4.69, 9.17) is 5.21 Å². The third-order valence-electron chi connectivity index (χ3n) is 11.9. The molecule has 334 valence electrons. The van der Waals surface area contributed by atoms with Crippen LogP contribution in [0.1, 0.15) is 93.7 Å². The Balaban J connectivity index is 1.01. The number of nitrogens with zero attached hydrogens (tertiary/aromatic N) is 2. The van der Waals surface area contributed by atoms with Crippen molar-refractivity contribution < 1.29 is 29.5 Å². The fourth-order valence-electron chi connectivity index (χ4n) is 8.22. The van der Waals surface area contributed by atoms with Crippen LogP contribution in [0.2, 0.25) is 0 Å². The quantitative estimate of drug-likeness (QED) is 0.0214. The smallest absolute Gasteiger partial charge is 0.267 e. The Morgan fingerprint density at radius 2 is 1.70 bits per heavy atom. The van der Waals surface area contributed by atoms with E-state index in [1.807, 2.05) is 70.2 Å². The number of carbonyl (C=O) groups is 4. The fraction of sp³-hybridized carbons (Fsp3) is 0.400. The number of aromatic amines is 1. The van der Waals surface area contributed by atoms with Gasteiger partial charge in [0.25, 0.3) is 5.91 Å². The number of amides is 4. The van der Waals surface area contributed by atoms with E-state index < -0.39 is 29.5 Å². The highest BCUT2D eigenvalue weighted by atomic mass is 32.1. The molecular formula is C50H62N6O6S. The second kappa shape index (κ2) is 21.7. The van der Waals surface area contributed by atoms with Crippen molar-refractivity contribution in [3.05, 3.63) is 124 Å². The van der Waals surface area contributed by atoms with Crippen LogP contribution in [0.15, 0.2) is 96.5 Å². The van der Waals surface area contributed by atoms with Gasteiger partial charge >= 0.3 is 0 Å². The van der Waals surface area contributed by atoms with Gasteiger partial charge in [0.2, 0.25) is 17.7 Å². The monoisotopic (exact) mass is 874 g/mol. The highest BCUT2D eigenvalue weighted by Crippen LogP contribution is 2.31. The molecule has 6 N–H and O–H groups in total. The lowest BCUT2D eigenvalue weighted by atomic mass is 9.85. The zero-order chi connectivity index (χ0) is 45.1. The first-order valence-electron chi connectivity index (χ1n) is 21.9. The minimum Gasteiger partial charge on any atom is -0.391 e. The number of β-amino-alcohol motifs (C(OH)–C–C–N with tert-alkyl or cyclic N) is 1. The second-order valence-electron chi connectivity index (χ2n) is 17.8. The molecule has 0 aliphatic carbocycles. The molecule has 1 aliphatic heterocycles. The lowest BCUT2D eigenvalue weighted by molar-refractivity contribution is -0.144. The molecule has 0 radical (unpaired) electrons. The summed E-state index contributed by atoms with van der Waals surface area (Å²) in [7, 11) is 0. The van der Waals surface area contributed by atoms with E-state index in [-0.39, 0.29) is 43.1 Å². The van der Waals surface area contributed by atoms with Crippen LogP contribution in [0, 0.1) is 12.3 Å². The molecule has 63 heavy (non-hydrogen) atoms. The molecule has 2 aromatic heterocycles. The SMILES string of the molecule is Cc1ccsc1-c1ccc([C@@H](C)NC(=O)[C@@H]2C[C@H](O)CN2C(=O)[C@H](NC(=O)CCCCCN(CCc2c[nH]c3ccccc23)Cc2ccc(/C=C/C(=O)NO)cc2)C(C)(C)C)cc1. The zero-order valence-electron chi connectivity index (χ0n) is 37.0. The Labute approximate surface area is 374 Å². The van der Waals surface area contributed by atoms with E-state index in [1.165, 1.54) is 32.4 Å². The molecule has 12 nitrogen and oxygen atoms in total. The summed E-state index contributed by atoms with van der Waals surface area (Å²) in [6.45, 7) is 12.1. The number of nitrogens with one attached hydrogen (secondary N) is 4. The number of fused-ring (bicyclic) bond motifs is 1. The number of unbranched alkanes of at least 4 members (excludes halogenated alkanes) is 2. The van der Waals surface area contributed by atoms with Crippen molar-refractivity contribution >= 4 is 51.9 Å². The maximum atomic E-state index is 14.2. The Hall–Kier alpha value is -5.60. The molecule has 0 unspecified atom stereocenters. The number of para-hydroxylation sites is 1. The number of rotatable bonds is 19. The van der Waals surface area contributed by atoms with Crippen LogP contribution in [-0.4, -0.2) is 86.5 Å². The van der Waals surface area contributed by atoms with Gasteiger partial charge in [0, 0.05) is 60.5 Å². The third-order valence-corrected chi connectivity index (χ3v) is 12.9. The zero-order valence-corrected chi connectivity index (χ0v) is 37.8. The van der Waals surface area contributed by atoms with Crippen molar-refractivity contribution in [1.82, 2.24) is 30.9 Å². The van der Waals surface area contributed by atoms with Crippen LogP contribution in [-0.2, 0) is 32.1 Å². The lowest BCUT2D eigenvalue weighted by Gasteiger charge is -2.35. The summed E-state index contributed by atoms with van der Waals surface area (Å²) in [6.07, 6.45) is 7.73. The molecule has 1 fully saturated rings. The lowest BCUT2D eigenvalue weighted by Crippen LogP contribution is -2.57. The average Bonchev–Trinajstić information content (AvgIpc) is 4.01. The van der Waals surface area contributed by atoms with E-state index in [9.17, 15) is 24.3 Å². The highest BCUT2D eigenvalue weighted by molar-refractivity contribution is 7.13. The first-order chi connectivity index (χ1) is 30.2. The summed E-state index contributed by atoms with van der Waals surface area (Å²) >= 11 is 1.69. The van der Waals surface area contributed by atoms with Gasteiger partial charge < -0.3 is 25.6 Å². The first kappa shape index (κ1) is 46.9. The van der Waals surface area contributed by atoms with Gasteiger partial charge in [-0.2, -0.15) is 0 Å². The van der Waals surface area contributed by atoms with Crippen LogP contribution in [0.25, 0.3) is 27.4 Å². The summed E-state index contributed by atoms with van der Waals surface area (Å²) in [6, 6.07) is 24.4. The van der Waals surface area contributed by atoms with E-state index in [2.05, 4.69) is 75.4 Å². The Morgan fingerprint density at radius 1 is 0.952 bits per heavy atom. The summed E-state index contributed by atoms with van der Waals surface area (Å²) in [5, 5.41) is 28.9. The number of hydroxylamine groups is 1. The van der Waals surface area contributed by atoms with Crippen molar-refractivity contribution in [2.75, 3.05) is 19.6 Å². The molecule has 0 saturated carbocycles. The maximum absolute atomic E-state index is 14.2. The van der Waals surface area contributed by atoms with Gasteiger partial charge in [-0.1, -0.05) is 93.9 Å². The number of aryl methyl sites for hydroxylation is 1. The Kier molecular flexibility index (Phi) is 16.1. The summed E-state index contributed by atoms with van der Waals surface area (Å²) in [5.74, 6) is -1.52. The molecule has 0 bridgehead atoms. The number of hydrogen-bond donors (Lipinski definition) is 6. The van der Waals surface area contributed by atoms with E-state index >= 15 is 0 Å². The van der Waals surface area contributed by atoms with Crippen molar-refractivity contribution in [2.24, 2.45) is 5.41 Å². The molecule has 5 aromatic rings. The number of thiophene rings is 1. The topological polar surface area (TPSA) is 167 Å². The van der Waals surface area contributed by atoms with Crippen molar-refractivity contribution in [3.63, 3.8) is 0 Å². The molecule has 1 saturated heterocycles. The van der Waals surface area contributed by atoms with E-state index in [0.29, 0.717) is 6.42 Å². The number of aromatic nitrogens is 1. The number of carbonyl (C=O) groups excluding carboxylic acids is 4. The molecule has 3 aromatic carbocycles. The number of hydrogen-bond acceptors (Lipinski definition) is 8. The molecular weight excluding hydrogens is 813 g/mol. The van der Waals surface area contributed by atoms with Crippen LogP contribution in [0.4, 0.5) is 0 Å². The summed E-state index contributed by atoms with van der Waals surface area (Å²) in [4.78, 5) is 61.3. The molecule has 4 amide bonds. The van der Waals surface area contributed by atoms with Crippen LogP contribution in [0.5, 0.6) is 0 Å². The molecule has 13 heteroatoms. The molecule has 6 rings (SSSR count). The number of H-pyrrole nitrogens is 1. The standard InChI is InChI=1S/C50H62N6O6S/c1-33-25-28-63-46(33)38-21-19-37(20-22-38)34(2)52-48(60)43-29-40(57)32-56(43)49(61)47(50(3,4)5)53-44(58)13-7-6-10-26-55(27-24-39-30-51-42-12-9-8-11-41(39)42)31-36-16-14-35(15-17-36)18-23-45(59)54-62/h8-9,11-12,14-23,25,28,30,34,40,43,47,51,57,62H,6-7,10,13,24,26-27,29,31-32H2,1-5H3,(H,52,60)(H,53,58)(H,54,59)/b23-18+/t34-,40+,43+,47+/m1/s1. The second-order valence-corrected chi connectivity index (χ2v) is 18.7. The molecule has 4 atom stereocenters. The van der Waals surface area contributed by atoms with Gasteiger partial charge in [-0.25, -0.2) is 5.48 Å². The largest absolute Gasteiger partial charge is 0.391 e. The molecule has 1 aliphatic rings. The van der Waals surface area contributed by atoms with Crippen molar-refractivity contribution in [3.8, 4) is 10.4 Å². The summed E-state index contributed by atoms with van der Waals surface area (Å²) < 4.78 is 0. The fourth-order valence-corrected chi connectivity index (χ4v) is 9.16. The number of likely N-dealkylation sites (tertiary alicyclic amines) is 1. The van der Waals surface area contributed by atoms with Crippen molar-refractivity contribution in [2.45, 2.75) is 104 Å². The van der Waals surface area contributed by atoms with Gasteiger partial charge in [-0.05, 0) is 102 Å². The average molecular weight is 875 g/mol. The highest BCUT2D eigenvalue weighted by Gasteiger charge is 2.44. The third kappa shape index (κ3) is 12.8. The normalized spacial score (nSPS) is 16.4. The number of aliphatic hydroxyl groups excluding tert-OH is 1. The van der Waals surface area contributed by atoms with Gasteiger partial charge in [-0.3, -0.25) is 29.3 Å². The van der Waals surface area contributed by atoms with Crippen molar-refractivity contribution in [1.29, 1.82) is 0 Å². The van der Waals surface area contributed by atoms with Crippen LogP contribution in [0.3, 0.4) is 0 Å². The van der Waals surface area contributed by atoms with Gasteiger partial charge in [0.15, 0.2) is 0 Å². The minimum absolute atomic E-state index is 0.0178. The Morgan fingerprint density at radius 3 is 2.40 bits per heavy atom. The first-order valence-corrected chi connectivity index (χ1v) is 22.8. The molecule has 3 heterocycles. The minimum atomic E-state index is -0.884. The van der Waals surface area contributed by atoms with E-state index in [0.717, 1.165) is 66.7 Å². The van der Waals surface area contributed by atoms with Gasteiger partial charge in [-0.15, -0.1) is 11.3 Å². The van der Waals surface area contributed by atoms with E-state index in [1.54, 1.807) is 22.9 Å². The summed E-state index contributed by atoms with van der Waals surface area (Å²) in [5.41, 5.74) is 8.57. The van der Waals surface area contributed by atoms with Gasteiger partial charge in [0.1, 0.15) is 12.1 Å². The predicted molar refractivity (Wildman–Crippen MR) is 250 cm³/mol. The van der Waals surface area contributed by atoms with Crippen LogP contribution >= 0.6 is 11.3 Å². The predicted octanol–water partition coefficient (Wildman–Crippen LogP) is 7.70. The Bertz CT molecular complexity index is 2350. The molecule has 0 spiro atoms. The van der Waals surface area contributed by atoms with Crippen LogP contribution < -0.4 is 16.1 Å². The maximum Gasteiger partial charge on any atom is 0.267 e. The number of benzene rings is 3.